The molecule has 0 aromatic heterocycles. The SMILES string of the molecule is Cl.NCCCC(=O)N1CCC(OCC(F)(F)F)CC1. The van der Waals surface area contributed by atoms with E-state index in [2.05, 4.69) is 0 Å². The number of nitrogens with zero attached hydrogens (tertiary/aromatic N) is 1. The van der Waals surface area contributed by atoms with E-state index in [1.54, 1.807) is 4.90 Å². The highest BCUT2D eigenvalue weighted by Crippen LogP contribution is 2.20. The molecule has 1 amide bonds. The van der Waals surface area contributed by atoms with Gasteiger partial charge in [-0.15, -0.1) is 12.4 Å². The molecule has 0 saturated carbocycles. The van der Waals surface area contributed by atoms with Crippen LogP contribution in [-0.4, -0.2) is 49.3 Å². The number of carbonyl (C=O) groups excluding carboxylic acids is 1. The molecule has 0 aromatic carbocycles. The monoisotopic (exact) mass is 304 g/mol. The fraction of sp³-hybridized carbons (Fsp3) is 0.909. The van der Waals surface area contributed by atoms with Crippen molar-refractivity contribution in [2.45, 2.75) is 38.0 Å². The van der Waals surface area contributed by atoms with Crippen molar-refractivity contribution < 1.29 is 22.7 Å². The minimum Gasteiger partial charge on any atom is -0.369 e. The third kappa shape index (κ3) is 7.59. The molecule has 2 N–H and O–H groups in total. The lowest BCUT2D eigenvalue weighted by Gasteiger charge is -2.32. The standard InChI is InChI=1S/C11H19F3N2O2.ClH/c12-11(13,14)8-18-9-3-6-16(7-4-9)10(17)2-1-5-15;/h9H,1-8,15H2;1H. The summed E-state index contributed by atoms with van der Waals surface area (Å²) >= 11 is 0. The van der Waals surface area contributed by atoms with Crippen LogP contribution in [-0.2, 0) is 9.53 Å². The summed E-state index contributed by atoms with van der Waals surface area (Å²) in [6.07, 6.45) is -2.71. The predicted molar refractivity (Wildman–Crippen MR) is 67.1 cm³/mol. The number of piperidine rings is 1. The first-order valence-corrected chi connectivity index (χ1v) is 6.08. The molecule has 1 fully saturated rings. The Balaban J connectivity index is 0.00000324. The van der Waals surface area contributed by atoms with Gasteiger partial charge >= 0.3 is 6.18 Å². The van der Waals surface area contributed by atoms with Crippen LogP contribution in [0.25, 0.3) is 0 Å². The molecule has 1 aliphatic heterocycles. The number of nitrogens with two attached hydrogens (primary N) is 1. The van der Waals surface area contributed by atoms with Crippen LogP contribution in [0.5, 0.6) is 0 Å². The molecule has 8 heteroatoms. The van der Waals surface area contributed by atoms with Gasteiger partial charge in [-0.2, -0.15) is 13.2 Å². The molecule has 0 bridgehead atoms. The van der Waals surface area contributed by atoms with Crippen molar-refractivity contribution in [3.8, 4) is 0 Å². The lowest BCUT2D eigenvalue weighted by atomic mass is 10.1. The van der Waals surface area contributed by atoms with Gasteiger partial charge in [0.2, 0.25) is 5.91 Å². The molecule has 4 nitrogen and oxygen atoms in total. The van der Waals surface area contributed by atoms with Crippen molar-refractivity contribution in [2.24, 2.45) is 5.73 Å². The summed E-state index contributed by atoms with van der Waals surface area (Å²) in [6.45, 7) is 0.188. The summed E-state index contributed by atoms with van der Waals surface area (Å²) in [6, 6.07) is 0. The minimum absolute atomic E-state index is 0. The van der Waals surface area contributed by atoms with Crippen molar-refractivity contribution in [3.63, 3.8) is 0 Å². The van der Waals surface area contributed by atoms with Crippen molar-refractivity contribution in [2.75, 3.05) is 26.2 Å². The molecule has 19 heavy (non-hydrogen) atoms. The van der Waals surface area contributed by atoms with Crippen LogP contribution >= 0.6 is 12.4 Å². The Morgan fingerprint density at radius 2 is 1.89 bits per heavy atom. The number of alkyl halides is 3. The zero-order valence-electron chi connectivity index (χ0n) is 10.6. The van der Waals surface area contributed by atoms with E-state index in [1.165, 1.54) is 0 Å². The van der Waals surface area contributed by atoms with Crippen molar-refractivity contribution in [1.29, 1.82) is 0 Å². The first kappa shape index (κ1) is 18.5. The van der Waals surface area contributed by atoms with E-state index in [0.717, 1.165) is 0 Å². The normalized spacial score (nSPS) is 17.2. The Morgan fingerprint density at radius 3 is 2.37 bits per heavy atom. The Bertz CT molecular complexity index is 269. The Kier molecular flexibility index (Phi) is 8.36. The number of ether oxygens (including phenoxy) is 1. The van der Waals surface area contributed by atoms with Gasteiger partial charge < -0.3 is 15.4 Å². The molecule has 1 heterocycles. The van der Waals surface area contributed by atoms with Crippen molar-refractivity contribution >= 4 is 18.3 Å². The molecule has 0 aromatic rings. The van der Waals surface area contributed by atoms with Crippen LogP contribution in [0.1, 0.15) is 25.7 Å². The molecule has 114 valence electrons. The second kappa shape index (κ2) is 8.60. The molecule has 1 rings (SSSR count). The minimum atomic E-state index is -4.28. The van der Waals surface area contributed by atoms with Gasteiger partial charge in [-0.25, -0.2) is 0 Å². The summed E-state index contributed by atoms with van der Waals surface area (Å²) in [5, 5.41) is 0. The van der Waals surface area contributed by atoms with E-state index in [0.29, 0.717) is 45.3 Å². The van der Waals surface area contributed by atoms with Gasteiger partial charge in [-0.1, -0.05) is 0 Å². The zero-order valence-corrected chi connectivity index (χ0v) is 11.4. The topological polar surface area (TPSA) is 55.6 Å². The average molecular weight is 305 g/mol. The number of hydrogen-bond acceptors (Lipinski definition) is 3. The Labute approximate surface area is 116 Å². The van der Waals surface area contributed by atoms with E-state index in [-0.39, 0.29) is 18.3 Å². The molecule has 1 saturated heterocycles. The average Bonchev–Trinajstić information content (AvgIpc) is 2.33. The molecule has 0 radical (unpaired) electrons. The summed E-state index contributed by atoms with van der Waals surface area (Å²) in [4.78, 5) is 13.3. The van der Waals surface area contributed by atoms with E-state index in [9.17, 15) is 18.0 Å². The van der Waals surface area contributed by atoms with E-state index in [1.807, 2.05) is 0 Å². The van der Waals surface area contributed by atoms with E-state index >= 15 is 0 Å². The highest BCUT2D eigenvalue weighted by Gasteiger charge is 2.31. The van der Waals surface area contributed by atoms with E-state index in [4.69, 9.17) is 10.5 Å². The fourth-order valence-electron chi connectivity index (χ4n) is 1.90. The van der Waals surface area contributed by atoms with Crippen LogP contribution in [0, 0.1) is 0 Å². The number of carbonyl (C=O) groups is 1. The van der Waals surface area contributed by atoms with Crippen LogP contribution in [0.15, 0.2) is 0 Å². The maximum atomic E-state index is 12.0. The summed E-state index contributed by atoms with van der Waals surface area (Å²) in [5.74, 6) is 0.0229. The quantitative estimate of drug-likeness (QED) is 0.841. The second-order valence-electron chi connectivity index (χ2n) is 4.40. The largest absolute Gasteiger partial charge is 0.411 e. The third-order valence-electron chi connectivity index (χ3n) is 2.87. The van der Waals surface area contributed by atoms with Gasteiger partial charge in [0.05, 0.1) is 6.10 Å². The van der Waals surface area contributed by atoms with Gasteiger partial charge in [0.15, 0.2) is 0 Å². The number of likely N-dealkylation sites (tertiary alicyclic amines) is 1. The highest BCUT2D eigenvalue weighted by atomic mass is 35.5. The van der Waals surface area contributed by atoms with Crippen LogP contribution in [0.3, 0.4) is 0 Å². The lowest BCUT2D eigenvalue weighted by molar-refractivity contribution is -0.189. The molecule has 0 spiro atoms. The summed E-state index contributed by atoms with van der Waals surface area (Å²) < 4.78 is 40.6. The molecule has 0 atom stereocenters. The van der Waals surface area contributed by atoms with Crippen LogP contribution in [0.2, 0.25) is 0 Å². The molecule has 0 aliphatic carbocycles. The van der Waals surface area contributed by atoms with Crippen LogP contribution in [0.4, 0.5) is 13.2 Å². The van der Waals surface area contributed by atoms with Crippen molar-refractivity contribution in [3.05, 3.63) is 0 Å². The number of amides is 1. The first-order valence-electron chi connectivity index (χ1n) is 6.08. The third-order valence-corrected chi connectivity index (χ3v) is 2.87. The molecule has 0 unspecified atom stereocenters. The number of halogens is 4. The smallest absolute Gasteiger partial charge is 0.369 e. The lowest BCUT2D eigenvalue weighted by Crippen LogP contribution is -2.41. The van der Waals surface area contributed by atoms with Gasteiger partial charge in [0.1, 0.15) is 6.61 Å². The molecular weight excluding hydrogens is 285 g/mol. The fourth-order valence-corrected chi connectivity index (χ4v) is 1.90. The Hall–Kier alpha value is -0.530. The molecule has 1 aliphatic rings. The van der Waals surface area contributed by atoms with Crippen molar-refractivity contribution in [1.82, 2.24) is 4.90 Å². The second-order valence-corrected chi connectivity index (χ2v) is 4.40. The summed E-state index contributed by atoms with van der Waals surface area (Å²) in [5.41, 5.74) is 5.31. The van der Waals surface area contributed by atoms with E-state index < -0.39 is 18.9 Å². The number of rotatable bonds is 5. The van der Waals surface area contributed by atoms with Crippen LogP contribution < -0.4 is 5.73 Å². The van der Waals surface area contributed by atoms with Gasteiger partial charge in [0, 0.05) is 19.5 Å². The maximum absolute atomic E-state index is 12.0. The molecular formula is C11H20ClF3N2O2. The zero-order chi connectivity index (χ0) is 13.6. The maximum Gasteiger partial charge on any atom is 0.411 e. The highest BCUT2D eigenvalue weighted by molar-refractivity contribution is 5.85. The Morgan fingerprint density at radius 1 is 1.32 bits per heavy atom. The predicted octanol–water partition coefficient (Wildman–Crippen LogP) is 1.72. The first-order chi connectivity index (χ1) is 8.42. The summed E-state index contributed by atoms with van der Waals surface area (Å²) in [7, 11) is 0. The van der Waals surface area contributed by atoms with Gasteiger partial charge in [-0.3, -0.25) is 4.79 Å². The van der Waals surface area contributed by atoms with Gasteiger partial charge in [-0.05, 0) is 25.8 Å². The van der Waals surface area contributed by atoms with Gasteiger partial charge in [0.25, 0.3) is 0 Å². The number of hydrogen-bond donors (Lipinski definition) is 1.